The summed E-state index contributed by atoms with van der Waals surface area (Å²) < 4.78 is 9.30. The van der Waals surface area contributed by atoms with Crippen molar-refractivity contribution in [1.82, 2.24) is 0 Å². The first kappa shape index (κ1) is 36.7. The summed E-state index contributed by atoms with van der Waals surface area (Å²) >= 11 is 3.76. The van der Waals surface area contributed by atoms with E-state index in [1.807, 2.05) is 23.1 Å². The molecule has 0 radical (unpaired) electrons. The zero-order valence-corrected chi connectivity index (χ0v) is 37.2. The van der Waals surface area contributed by atoms with Crippen molar-refractivity contribution in [3.63, 3.8) is 0 Å². The first-order valence-corrected chi connectivity index (χ1v) is 24.3. The maximum absolute atomic E-state index is 6.73. The lowest BCUT2D eigenvalue weighted by Crippen LogP contribution is -2.32. The van der Waals surface area contributed by atoms with E-state index in [0.717, 1.165) is 39.7 Å². The van der Waals surface area contributed by atoms with Crippen molar-refractivity contribution >= 4 is 60.3 Å². The van der Waals surface area contributed by atoms with Crippen LogP contribution >= 0.6 is 23.1 Å². The van der Waals surface area contributed by atoms with E-state index in [2.05, 4.69) is 229 Å². The molecule has 1 aromatic heterocycles. The molecule has 15 rings (SSSR count). The molecule has 0 saturated carbocycles. The van der Waals surface area contributed by atoms with E-state index in [1.54, 1.807) is 0 Å². The minimum atomic E-state index is -0.586. The molecule has 4 heteroatoms. The average Bonchev–Trinajstić information content (AvgIpc) is 3.99. The molecule has 0 amide bonds. The lowest BCUT2D eigenvalue weighted by atomic mass is 9.66. The molecule has 2 aliphatic carbocycles. The summed E-state index contributed by atoms with van der Waals surface area (Å²) in [5.41, 5.74) is 17.6. The second-order valence-electron chi connectivity index (χ2n) is 17.8. The van der Waals surface area contributed by atoms with Crippen LogP contribution in [0, 0.1) is 0 Å². The van der Waals surface area contributed by atoms with Crippen LogP contribution in [0.1, 0.15) is 44.5 Å². The summed E-state index contributed by atoms with van der Waals surface area (Å²) in [6.07, 6.45) is 0. The Bertz CT molecular complexity index is 3790. The lowest BCUT2D eigenvalue weighted by Gasteiger charge is -2.40. The van der Waals surface area contributed by atoms with Crippen LogP contribution < -0.4 is 9.64 Å². The highest BCUT2D eigenvalue weighted by molar-refractivity contribution is 7.99. The third-order valence-electron chi connectivity index (χ3n) is 14.8. The molecule has 0 unspecified atom stereocenters. The van der Waals surface area contributed by atoms with Crippen molar-refractivity contribution in [3.8, 4) is 33.8 Å². The third-order valence-corrected chi connectivity index (χ3v) is 17.1. The number of ether oxygens (including phenoxy) is 1. The Morgan fingerprint density at radius 1 is 0.348 bits per heavy atom. The number of nitrogens with zero attached hydrogens (tertiary/aromatic N) is 1. The van der Waals surface area contributed by atoms with Gasteiger partial charge in [0.15, 0.2) is 0 Å². The SMILES string of the molecule is c1ccc2c(c1)Oc1ccccc1C21c2ccccc2-c2c(N(c3ccc4c(c3)-c3ccccc3C43c4ccccc4Sc4ccccc43)c3ccc4c(c3)sc3ccccc34)cccc21. The van der Waals surface area contributed by atoms with Crippen LogP contribution in [0.25, 0.3) is 42.4 Å². The van der Waals surface area contributed by atoms with Gasteiger partial charge in [0, 0.05) is 58.0 Å². The lowest BCUT2D eigenvalue weighted by molar-refractivity contribution is 0.436. The Kier molecular flexibility index (Phi) is 7.48. The zero-order chi connectivity index (χ0) is 43.1. The Hall–Kier alpha value is -7.63. The normalized spacial score (nSPS) is 14.7. The number of thiophene rings is 1. The van der Waals surface area contributed by atoms with Gasteiger partial charge in [-0.2, -0.15) is 0 Å². The molecule has 0 atom stereocenters. The summed E-state index contributed by atoms with van der Waals surface area (Å²) in [6, 6.07) is 83.8. The average molecular weight is 876 g/mol. The molecule has 2 spiro atoms. The Morgan fingerprint density at radius 3 is 1.61 bits per heavy atom. The van der Waals surface area contributed by atoms with E-state index in [0.29, 0.717) is 0 Å². The van der Waals surface area contributed by atoms with E-state index < -0.39 is 10.8 Å². The number of rotatable bonds is 3. The standard InChI is InChI=1S/C62H37NOS2/c1-4-19-45-40(16-1)44-36-38(33-35-47(44)61(45)50-23-8-13-30-57(50)66-58-31-14-9-24-51(58)61)63(39-32-34-42-41-17-3-12-29-56(41)65-59(42)37-39)53-26-15-25-52-60(53)43-18-2-5-20-46(43)62(52)48-21-6-10-27-54(48)64-55-28-11-7-22-49(55)62/h1-37H. The molecule has 11 aromatic rings. The van der Waals surface area contributed by atoms with Crippen LogP contribution in [0.4, 0.5) is 17.1 Å². The second-order valence-corrected chi connectivity index (χ2v) is 20.0. The van der Waals surface area contributed by atoms with Crippen molar-refractivity contribution < 1.29 is 4.74 Å². The first-order chi connectivity index (χ1) is 32.7. The Morgan fingerprint density at radius 2 is 0.864 bits per heavy atom. The van der Waals surface area contributed by atoms with Crippen molar-refractivity contribution in [1.29, 1.82) is 0 Å². The maximum atomic E-state index is 6.73. The van der Waals surface area contributed by atoms with Gasteiger partial charge in [-0.05, 0) is 111 Å². The number of benzene rings is 10. The molecule has 3 heterocycles. The number of fused-ring (bicyclic) bond motifs is 21. The van der Waals surface area contributed by atoms with Crippen LogP contribution in [0.15, 0.2) is 234 Å². The van der Waals surface area contributed by atoms with Crippen molar-refractivity contribution in [2.45, 2.75) is 20.6 Å². The van der Waals surface area contributed by atoms with Gasteiger partial charge < -0.3 is 9.64 Å². The third kappa shape index (κ3) is 4.62. The quantitative estimate of drug-likeness (QED) is 0.175. The summed E-state index contributed by atoms with van der Waals surface area (Å²) in [6.45, 7) is 0. The molecule has 2 nitrogen and oxygen atoms in total. The van der Waals surface area contributed by atoms with E-state index in [4.69, 9.17) is 4.74 Å². The molecule has 0 bridgehead atoms. The molecule has 4 aliphatic rings. The fourth-order valence-corrected chi connectivity index (χ4v) is 14.7. The van der Waals surface area contributed by atoms with E-state index in [-0.39, 0.29) is 0 Å². The van der Waals surface area contributed by atoms with Gasteiger partial charge in [0.1, 0.15) is 11.5 Å². The number of anilines is 3. The fourth-order valence-electron chi connectivity index (χ4n) is 12.3. The van der Waals surface area contributed by atoms with Gasteiger partial charge in [0.05, 0.1) is 16.5 Å². The molecule has 308 valence electrons. The van der Waals surface area contributed by atoms with Gasteiger partial charge in [0.2, 0.25) is 0 Å². The van der Waals surface area contributed by atoms with Crippen LogP contribution in [-0.2, 0) is 10.8 Å². The summed E-state index contributed by atoms with van der Waals surface area (Å²) in [7, 11) is 0. The van der Waals surface area contributed by atoms with Crippen LogP contribution in [0.5, 0.6) is 11.5 Å². The molecule has 0 N–H and O–H groups in total. The van der Waals surface area contributed by atoms with Gasteiger partial charge in [-0.25, -0.2) is 0 Å². The van der Waals surface area contributed by atoms with E-state index in [1.165, 1.54) is 85.6 Å². The topological polar surface area (TPSA) is 12.5 Å². The molecular formula is C62H37NOS2. The fraction of sp³-hybridized carbons (Fsp3) is 0.0323. The second kappa shape index (κ2) is 13.5. The summed E-state index contributed by atoms with van der Waals surface area (Å²) in [4.78, 5) is 5.16. The molecule has 0 fully saturated rings. The summed E-state index contributed by atoms with van der Waals surface area (Å²) in [5, 5.41) is 2.59. The Labute approximate surface area is 391 Å². The molecule has 2 aliphatic heterocycles. The number of para-hydroxylation sites is 2. The summed E-state index contributed by atoms with van der Waals surface area (Å²) in [5.74, 6) is 1.79. The van der Waals surface area contributed by atoms with Crippen LogP contribution in [0.2, 0.25) is 0 Å². The monoisotopic (exact) mass is 875 g/mol. The van der Waals surface area contributed by atoms with Gasteiger partial charge in [-0.3, -0.25) is 0 Å². The zero-order valence-electron chi connectivity index (χ0n) is 35.5. The predicted molar refractivity (Wildman–Crippen MR) is 273 cm³/mol. The highest BCUT2D eigenvalue weighted by atomic mass is 32.2. The van der Waals surface area contributed by atoms with Gasteiger partial charge in [-0.1, -0.05) is 176 Å². The minimum Gasteiger partial charge on any atom is -0.457 e. The number of hydrogen-bond acceptors (Lipinski definition) is 4. The maximum Gasteiger partial charge on any atom is 0.132 e. The van der Waals surface area contributed by atoms with Gasteiger partial charge in [-0.15, -0.1) is 11.3 Å². The smallest absolute Gasteiger partial charge is 0.132 e. The predicted octanol–water partition coefficient (Wildman–Crippen LogP) is 16.8. The molecule has 0 saturated heterocycles. The van der Waals surface area contributed by atoms with Crippen molar-refractivity contribution in [2.75, 3.05) is 4.90 Å². The van der Waals surface area contributed by atoms with Crippen LogP contribution in [0.3, 0.4) is 0 Å². The van der Waals surface area contributed by atoms with Crippen molar-refractivity contribution in [3.05, 3.63) is 269 Å². The highest BCUT2D eigenvalue weighted by Crippen LogP contribution is 2.66. The van der Waals surface area contributed by atoms with Gasteiger partial charge in [0.25, 0.3) is 0 Å². The first-order valence-electron chi connectivity index (χ1n) is 22.7. The molecule has 10 aromatic carbocycles. The molecular weight excluding hydrogens is 839 g/mol. The molecule has 66 heavy (non-hydrogen) atoms. The van der Waals surface area contributed by atoms with E-state index in [9.17, 15) is 0 Å². The van der Waals surface area contributed by atoms with Crippen LogP contribution in [-0.4, -0.2) is 0 Å². The minimum absolute atomic E-state index is 0.452. The Balaban J connectivity index is 1.03. The van der Waals surface area contributed by atoms with Crippen molar-refractivity contribution in [2.24, 2.45) is 0 Å². The highest BCUT2D eigenvalue weighted by Gasteiger charge is 2.53. The number of hydrogen-bond donors (Lipinski definition) is 0. The van der Waals surface area contributed by atoms with E-state index >= 15 is 0 Å². The largest absolute Gasteiger partial charge is 0.457 e. The van der Waals surface area contributed by atoms with Gasteiger partial charge >= 0.3 is 0 Å².